The van der Waals surface area contributed by atoms with Crippen molar-refractivity contribution >= 4 is 5.91 Å². The number of nitrogens with zero attached hydrogens (tertiary/aromatic N) is 2. The first-order valence-corrected chi connectivity index (χ1v) is 8.82. The molecule has 0 saturated heterocycles. The minimum Gasteiger partial charge on any atom is -0.484 e. The molecule has 0 aliphatic carbocycles. The topological polar surface area (TPSA) is 56.1 Å². The van der Waals surface area contributed by atoms with Crippen molar-refractivity contribution in [2.24, 2.45) is 0 Å². The van der Waals surface area contributed by atoms with E-state index in [0.717, 1.165) is 18.1 Å². The molecule has 5 nitrogen and oxygen atoms in total. The first-order valence-electron chi connectivity index (χ1n) is 8.82. The van der Waals surface area contributed by atoms with Crippen molar-refractivity contribution in [2.75, 3.05) is 13.2 Å². The SMILES string of the molecule is Cc1cnc(CCNC(=O)COc2ccc(F)cc2)n1Cc1ccccc1. The van der Waals surface area contributed by atoms with Gasteiger partial charge in [-0.1, -0.05) is 30.3 Å². The second-order valence-corrected chi connectivity index (χ2v) is 6.23. The third kappa shape index (κ3) is 5.41. The van der Waals surface area contributed by atoms with Gasteiger partial charge in [-0.15, -0.1) is 0 Å². The Bertz CT molecular complexity index is 876. The van der Waals surface area contributed by atoms with Gasteiger partial charge in [0.15, 0.2) is 6.61 Å². The van der Waals surface area contributed by atoms with Gasteiger partial charge in [0.05, 0.1) is 0 Å². The van der Waals surface area contributed by atoms with Crippen LogP contribution < -0.4 is 10.1 Å². The molecule has 0 bridgehead atoms. The van der Waals surface area contributed by atoms with Gasteiger partial charge in [-0.3, -0.25) is 4.79 Å². The zero-order chi connectivity index (χ0) is 19.1. The number of imidazole rings is 1. The van der Waals surface area contributed by atoms with Crippen molar-refractivity contribution in [1.82, 2.24) is 14.9 Å². The molecule has 3 rings (SSSR count). The van der Waals surface area contributed by atoms with E-state index in [9.17, 15) is 9.18 Å². The second kappa shape index (κ2) is 8.98. The van der Waals surface area contributed by atoms with Crippen LogP contribution in [-0.2, 0) is 17.8 Å². The predicted octanol–water partition coefficient (Wildman–Crippen LogP) is 3.12. The average molecular weight is 367 g/mol. The maximum absolute atomic E-state index is 12.8. The molecule has 1 heterocycles. The summed E-state index contributed by atoms with van der Waals surface area (Å²) in [6, 6.07) is 15.8. The summed E-state index contributed by atoms with van der Waals surface area (Å²) in [5.41, 5.74) is 2.29. The van der Waals surface area contributed by atoms with Gasteiger partial charge in [-0.05, 0) is 36.8 Å². The lowest BCUT2D eigenvalue weighted by molar-refractivity contribution is -0.123. The molecule has 1 N–H and O–H groups in total. The monoisotopic (exact) mass is 367 g/mol. The Hall–Kier alpha value is -3.15. The highest BCUT2D eigenvalue weighted by Gasteiger charge is 2.09. The third-order valence-corrected chi connectivity index (χ3v) is 4.18. The number of nitrogens with one attached hydrogen (secondary N) is 1. The Morgan fingerprint density at radius 2 is 1.89 bits per heavy atom. The lowest BCUT2D eigenvalue weighted by Crippen LogP contribution is -2.31. The number of amides is 1. The van der Waals surface area contributed by atoms with Crippen molar-refractivity contribution in [2.45, 2.75) is 19.9 Å². The number of hydrogen-bond acceptors (Lipinski definition) is 3. The summed E-state index contributed by atoms with van der Waals surface area (Å²) in [4.78, 5) is 16.4. The minimum absolute atomic E-state index is 0.108. The van der Waals surface area contributed by atoms with Gasteiger partial charge in [0, 0.05) is 31.4 Å². The molecule has 0 unspecified atom stereocenters. The van der Waals surface area contributed by atoms with Crippen LogP contribution in [0.25, 0.3) is 0 Å². The van der Waals surface area contributed by atoms with Crippen molar-refractivity contribution < 1.29 is 13.9 Å². The van der Waals surface area contributed by atoms with E-state index in [0.29, 0.717) is 18.7 Å². The third-order valence-electron chi connectivity index (χ3n) is 4.18. The summed E-state index contributed by atoms with van der Waals surface area (Å²) in [5.74, 6) is 0.821. The van der Waals surface area contributed by atoms with Gasteiger partial charge < -0.3 is 14.6 Å². The molecule has 0 spiro atoms. The zero-order valence-corrected chi connectivity index (χ0v) is 15.2. The molecule has 1 amide bonds. The van der Waals surface area contributed by atoms with Crippen molar-refractivity contribution in [1.29, 1.82) is 0 Å². The molecule has 0 aliphatic rings. The highest BCUT2D eigenvalue weighted by Crippen LogP contribution is 2.11. The molecule has 3 aromatic rings. The molecule has 1 aromatic heterocycles. The van der Waals surface area contributed by atoms with Gasteiger partial charge >= 0.3 is 0 Å². The molecule has 0 atom stereocenters. The normalized spacial score (nSPS) is 10.6. The van der Waals surface area contributed by atoms with E-state index in [2.05, 4.69) is 27.0 Å². The molecule has 0 fully saturated rings. The number of benzene rings is 2. The predicted molar refractivity (Wildman–Crippen MR) is 101 cm³/mol. The Morgan fingerprint density at radius 1 is 1.15 bits per heavy atom. The van der Waals surface area contributed by atoms with Gasteiger partial charge in [-0.25, -0.2) is 9.37 Å². The minimum atomic E-state index is -0.340. The molecule has 27 heavy (non-hydrogen) atoms. The number of rotatable bonds is 8. The lowest BCUT2D eigenvalue weighted by atomic mass is 10.2. The molecule has 0 saturated carbocycles. The highest BCUT2D eigenvalue weighted by atomic mass is 19.1. The summed E-state index contributed by atoms with van der Waals surface area (Å²) in [5, 5.41) is 2.82. The van der Waals surface area contributed by atoms with E-state index in [4.69, 9.17) is 4.74 Å². The van der Waals surface area contributed by atoms with E-state index in [1.54, 1.807) is 0 Å². The summed E-state index contributed by atoms with van der Waals surface area (Å²) < 4.78 is 20.3. The van der Waals surface area contributed by atoms with Crippen LogP contribution in [0.4, 0.5) is 4.39 Å². The first-order chi connectivity index (χ1) is 13.1. The van der Waals surface area contributed by atoms with Crippen LogP contribution in [0.2, 0.25) is 0 Å². The Kier molecular flexibility index (Phi) is 6.20. The van der Waals surface area contributed by atoms with Crippen LogP contribution in [0.3, 0.4) is 0 Å². The van der Waals surface area contributed by atoms with Crippen molar-refractivity contribution in [3.63, 3.8) is 0 Å². The molecular formula is C21H22FN3O2. The van der Waals surface area contributed by atoms with Crippen LogP contribution in [0.15, 0.2) is 60.8 Å². The Labute approximate surface area is 157 Å². The molecule has 0 aliphatic heterocycles. The van der Waals surface area contributed by atoms with E-state index in [-0.39, 0.29) is 18.3 Å². The van der Waals surface area contributed by atoms with E-state index >= 15 is 0 Å². The maximum Gasteiger partial charge on any atom is 0.257 e. The van der Waals surface area contributed by atoms with E-state index < -0.39 is 0 Å². The molecule has 6 heteroatoms. The number of aromatic nitrogens is 2. The van der Waals surface area contributed by atoms with Crippen LogP contribution in [0.1, 0.15) is 17.1 Å². The number of halogens is 1. The fraction of sp³-hybridized carbons (Fsp3) is 0.238. The number of hydrogen-bond donors (Lipinski definition) is 1. The largest absolute Gasteiger partial charge is 0.484 e. The highest BCUT2D eigenvalue weighted by molar-refractivity contribution is 5.77. The average Bonchev–Trinajstić information content (AvgIpc) is 3.02. The fourth-order valence-corrected chi connectivity index (χ4v) is 2.74. The summed E-state index contributed by atoms with van der Waals surface area (Å²) >= 11 is 0. The standard InChI is InChI=1S/C21H22FN3O2/c1-16-13-24-20(25(16)14-17-5-3-2-4-6-17)11-12-23-21(26)15-27-19-9-7-18(22)8-10-19/h2-10,13H,11-12,14-15H2,1H3,(H,23,26). The zero-order valence-electron chi connectivity index (χ0n) is 15.2. The van der Waals surface area contributed by atoms with Crippen LogP contribution >= 0.6 is 0 Å². The number of aryl methyl sites for hydroxylation is 1. The van der Waals surface area contributed by atoms with Crippen molar-refractivity contribution in [3.8, 4) is 5.75 Å². The van der Waals surface area contributed by atoms with Gasteiger partial charge in [0.2, 0.25) is 0 Å². The molecule has 140 valence electrons. The Morgan fingerprint density at radius 3 is 2.63 bits per heavy atom. The van der Waals surface area contributed by atoms with Crippen LogP contribution in [-0.4, -0.2) is 28.6 Å². The van der Waals surface area contributed by atoms with E-state index in [1.165, 1.54) is 29.8 Å². The second-order valence-electron chi connectivity index (χ2n) is 6.23. The number of ether oxygens (including phenoxy) is 1. The molecule has 0 radical (unpaired) electrons. The Balaban J connectivity index is 1.47. The molecular weight excluding hydrogens is 345 g/mol. The summed E-state index contributed by atoms with van der Waals surface area (Å²) in [7, 11) is 0. The summed E-state index contributed by atoms with van der Waals surface area (Å²) in [6.45, 7) is 3.14. The van der Waals surface area contributed by atoms with Gasteiger partial charge in [0.25, 0.3) is 5.91 Å². The van der Waals surface area contributed by atoms with Crippen LogP contribution in [0, 0.1) is 12.7 Å². The molecule has 2 aromatic carbocycles. The van der Waals surface area contributed by atoms with E-state index in [1.807, 2.05) is 31.3 Å². The first kappa shape index (κ1) is 18.6. The van der Waals surface area contributed by atoms with Crippen LogP contribution in [0.5, 0.6) is 5.75 Å². The van der Waals surface area contributed by atoms with Crippen molar-refractivity contribution in [3.05, 3.63) is 83.7 Å². The number of carbonyl (C=O) groups excluding carboxylic acids is 1. The smallest absolute Gasteiger partial charge is 0.257 e. The number of carbonyl (C=O) groups is 1. The maximum atomic E-state index is 12.8. The summed E-state index contributed by atoms with van der Waals surface area (Å²) in [6.07, 6.45) is 2.47. The quantitative estimate of drug-likeness (QED) is 0.666. The lowest BCUT2D eigenvalue weighted by Gasteiger charge is -2.11. The van der Waals surface area contributed by atoms with Gasteiger partial charge in [-0.2, -0.15) is 0 Å². The fourth-order valence-electron chi connectivity index (χ4n) is 2.74. The van der Waals surface area contributed by atoms with Gasteiger partial charge in [0.1, 0.15) is 17.4 Å².